The molecule has 0 aromatic heterocycles. The van der Waals surface area contributed by atoms with Crippen LogP contribution in [0.1, 0.15) is 41.9 Å². The molecule has 0 aliphatic carbocycles. The minimum absolute atomic E-state index is 0.403. The zero-order chi connectivity index (χ0) is 13.9. The van der Waals surface area contributed by atoms with Crippen molar-refractivity contribution in [1.29, 1.82) is 0 Å². The lowest BCUT2D eigenvalue weighted by Gasteiger charge is -2.09. The van der Waals surface area contributed by atoms with Gasteiger partial charge in [0.2, 0.25) is 0 Å². The van der Waals surface area contributed by atoms with Gasteiger partial charge in [0, 0.05) is 4.11 Å². The third-order valence-electron chi connectivity index (χ3n) is 2.39. The van der Waals surface area contributed by atoms with E-state index in [0.29, 0.717) is 6.42 Å². The van der Waals surface area contributed by atoms with Crippen LogP contribution < -0.4 is 0 Å². The molecule has 0 amide bonds. The molecule has 2 atom stereocenters. The van der Waals surface area contributed by atoms with Gasteiger partial charge in [-0.2, -0.15) is 0 Å². The summed E-state index contributed by atoms with van der Waals surface area (Å²) in [5.41, 5.74) is 1.65. The Morgan fingerprint density at radius 3 is 2.47 bits per heavy atom. The quantitative estimate of drug-likeness (QED) is 0.827. The maximum absolute atomic E-state index is 10.8. The van der Waals surface area contributed by atoms with Crippen LogP contribution >= 0.6 is 0 Å². The second kappa shape index (κ2) is 4.96. The Morgan fingerprint density at radius 1 is 1.40 bits per heavy atom. The zero-order valence-corrected chi connectivity index (χ0v) is 9.03. The van der Waals surface area contributed by atoms with E-state index in [4.69, 9.17) is 9.22 Å². The molecule has 0 heterocycles. The molecule has 1 aromatic carbocycles. The topological polar surface area (TPSA) is 37.3 Å². The molecule has 15 heavy (non-hydrogen) atoms. The van der Waals surface area contributed by atoms with Crippen LogP contribution in [0.25, 0.3) is 0 Å². The lowest BCUT2D eigenvalue weighted by atomic mass is 9.97. The highest BCUT2D eigenvalue weighted by Gasteiger charge is 2.12. The van der Waals surface area contributed by atoms with Crippen molar-refractivity contribution < 1.29 is 14.0 Å². The molecular formula is C13H18O2. The third-order valence-corrected chi connectivity index (χ3v) is 2.39. The SMILES string of the molecule is [2H]C([2H])([2H])C(C)Cc1ccc([C@H](C)C(=O)O)cc1. The summed E-state index contributed by atoms with van der Waals surface area (Å²) >= 11 is 0. The van der Waals surface area contributed by atoms with Crippen LogP contribution in [0.2, 0.25) is 0 Å². The van der Waals surface area contributed by atoms with Gasteiger partial charge in [0.25, 0.3) is 0 Å². The monoisotopic (exact) mass is 209 g/mol. The number of hydrogen-bond donors (Lipinski definition) is 1. The number of carboxylic acids is 1. The van der Waals surface area contributed by atoms with Crippen LogP contribution in [0.4, 0.5) is 0 Å². The summed E-state index contributed by atoms with van der Waals surface area (Å²) in [6.07, 6.45) is 0.470. The Labute approximate surface area is 95.2 Å². The molecule has 2 heteroatoms. The Bertz CT molecular complexity index is 409. The van der Waals surface area contributed by atoms with E-state index in [1.807, 2.05) is 0 Å². The molecule has 0 fully saturated rings. The largest absolute Gasteiger partial charge is 0.481 e. The van der Waals surface area contributed by atoms with E-state index >= 15 is 0 Å². The van der Waals surface area contributed by atoms with Crippen molar-refractivity contribution in [3.05, 3.63) is 35.4 Å². The Kier molecular flexibility index (Phi) is 2.62. The van der Waals surface area contributed by atoms with Crippen LogP contribution in [-0.2, 0) is 11.2 Å². The van der Waals surface area contributed by atoms with Gasteiger partial charge in [-0.1, -0.05) is 38.0 Å². The molecule has 82 valence electrons. The minimum atomic E-state index is -1.95. The van der Waals surface area contributed by atoms with E-state index in [9.17, 15) is 4.79 Å². The highest BCUT2D eigenvalue weighted by Crippen LogP contribution is 2.17. The van der Waals surface area contributed by atoms with Crippen molar-refractivity contribution >= 4 is 5.97 Å². The molecule has 1 unspecified atom stereocenters. The van der Waals surface area contributed by atoms with Gasteiger partial charge >= 0.3 is 5.97 Å². The Morgan fingerprint density at radius 2 is 2.00 bits per heavy atom. The van der Waals surface area contributed by atoms with E-state index in [1.165, 1.54) is 0 Å². The van der Waals surface area contributed by atoms with Crippen LogP contribution in [0.15, 0.2) is 24.3 Å². The molecule has 1 rings (SSSR count). The van der Waals surface area contributed by atoms with Crippen LogP contribution in [0.3, 0.4) is 0 Å². The number of hydrogen-bond acceptors (Lipinski definition) is 1. The molecule has 0 bridgehead atoms. The van der Waals surface area contributed by atoms with Gasteiger partial charge in [0.1, 0.15) is 0 Å². The summed E-state index contributed by atoms with van der Waals surface area (Å²) in [4.78, 5) is 10.8. The summed E-state index contributed by atoms with van der Waals surface area (Å²) in [5.74, 6) is -1.81. The molecular weight excluding hydrogens is 188 g/mol. The summed E-state index contributed by atoms with van der Waals surface area (Å²) in [7, 11) is 0. The number of rotatable bonds is 4. The standard InChI is InChI=1S/C13H18O2/c1-9(2)8-11-4-6-12(7-5-11)10(3)13(14)15/h4-7,9-10H,8H2,1-3H3,(H,14,15)/t10-/m0/s1/i1D3/t9?,10-. The Hall–Kier alpha value is -1.31. The fourth-order valence-corrected chi connectivity index (χ4v) is 1.44. The molecule has 2 nitrogen and oxygen atoms in total. The van der Waals surface area contributed by atoms with Crippen LogP contribution in [0, 0.1) is 5.92 Å². The van der Waals surface area contributed by atoms with Crippen molar-refractivity contribution in [3.8, 4) is 0 Å². The second-order valence-electron chi connectivity index (χ2n) is 3.91. The first-order valence-corrected chi connectivity index (χ1v) is 5.03. The van der Waals surface area contributed by atoms with Gasteiger partial charge in [-0.25, -0.2) is 0 Å². The molecule has 0 aliphatic heterocycles. The molecule has 0 spiro atoms. The van der Waals surface area contributed by atoms with Crippen molar-refractivity contribution in [3.63, 3.8) is 0 Å². The predicted molar refractivity (Wildman–Crippen MR) is 61.0 cm³/mol. The van der Waals surface area contributed by atoms with Crippen molar-refractivity contribution in [2.45, 2.75) is 33.0 Å². The van der Waals surface area contributed by atoms with Crippen molar-refractivity contribution in [2.75, 3.05) is 0 Å². The van der Waals surface area contributed by atoms with Crippen molar-refractivity contribution in [2.24, 2.45) is 5.92 Å². The number of benzene rings is 1. The molecule has 1 aromatic rings. The predicted octanol–water partition coefficient (Wildman–Crippen LogP) is 3.07. The van der Waals surface area contributed by atoms with E-state index in [0.717, 1.165) is 11.1 Å². The molecule has 1 N–H and O–H groups in total. The van der Waals surface area contributed by atoms with Crippen LogP contribution in [-0.4, -0.2) is 11.1 Å². The number of carbonyl (C=O) groups is 1. The summed E-state index contributed by atoms with van der Waals surface area (Å²) < 4.78 is 21.9. The van der Waals surface area contributed by atoms with Gasteiger partial charge in [0.05, 0.1) is 5.92 Å². The van der Waals surface area contributed by atoms with E-state index < -0.39 is 24.7 Å². The van der Waals surface area contributed by atoms with Crippen LogP contribution in [0.5, 0.6) is 0 Å². The summed E-state index contributed by atoms with van der Waals surface area (Å²) in [5, 5.41) is 8.88. The normalized spacial score (nSPS) is 18.4. The first kappa shape index (κ1) is 7.91. The average Bonchev–Trinajstić information content (AvgIpc) is 2.27. The van der Waals surface area contributed by atoms with E-state index in [2.05, 4.69) is 0 Å². The lowest BCUT2D eigenvalue weighted by molar-refractivity contribution is -0.138. The maximum Gasteiger partial charge on any atom is 0.310 e. The van der Waals surface area contributed by atoms with Gasteiger partial charge in [-0.3, -0.25) is 4.79 Å². The number of aliphatic carboxylic acids is 1. The summed E-state index contributed by atoms with van der Waals surface area (Å²) in [6.45, 7) is 1.37. The smallest absolute Gasteiger partial charge is 0.310 e. The maximum atomic E-state index is 10.8. The van der Waals surface area contributed by atoms with Gasteiger partial charge in [-0.15, -0.1) is 0 Å². The number of carboxylic acid groups (broad SMARTS) is 1. The van der Waals surface area contributed by atoms with Gasteiger partial charge < -0.3 is 5.11 Å². The molecule has 0 saturated heterocycles. The molecule has 0 aliphatic rings. The minimum Gasteiger partial charge on any atom is -0.481 e. The lowest BCUT2D eigenvalue weighted by Crippen LogP contribution is -2.07. The van der Waals surface area contributed by atoms with Gasteiger partial charge in [0.15, 0.2) is 0 Å². The average molecular weight is 209 g/mol. The highest BCUT2D eigenvalue weighted by atomic mass is 16.4. The third kappa shape index (κ3) is 3.39. The van der Waals surface area contributed by atoms with Gasteiger partial charge in [-0.05, 0) is 30.4 Å². The van der Waals surface area contributed by atoms with E-state index in [-0.39, 0.29) is 0 Å². The molecule has 0 saturated carbocycles. The second-order valence-corrected chi connectivity index (χ2v) is 3.91. The first-order chi connectivity index (χ1) is 8.21. The molecule has 0 radical (unpaired) electrons. The first-order valence-electron chi connectivity index (χ1n) is 6.53. The fraction of sp³-hybridized carbons (Fsp3) is 0.462. The highest BCUT2D eigenvalue weighted by molar-refractivity contribution is 5.75. The summed E-state index contributed by atoms with van der Waals surface area (Å²) in [6, 6.07) is 7.11. The fourth-order valence-electron chi connectivity index (χ4n) is 1.44. The van der Waals surface area contributed by atoms with Crippen molar-refractivity contribution in [1.82, 2.24) is 0 Å². The zero-order valence-electron chi connectivity index (χ0n) is 12.0. The van der Waals surface area contributed by atoms with E-state index in [1.54, 1.807) is 38.1 Å². The Balaban J connectivity index is 2.75.